The predicted molar refractivity (Wildman–Crippen MR) is 49.9 cm³/mol. The molecule has 1 aliphatic rings. The molecule has 0 saturated carbocycles. The monoisotopic (exact) mass is 196 g/mol. The van der Waals surface area contributed by atoms with Crippen molar-refractivity contribution < 1.29 is 4.92 Å². The van der Waals surface area contributed by atoms with Crippen molar-refractivity contribution in [3.05, 3.63) is 22.0 Å². The van der Waals surface area contributed by atoms with E-state index >= 15 is 0 Å². The molecule has 0 aliphatic carbocycles. The van der Waals surface area contributed by atoms with Crippen LogP contribution in [0.5, 0.6) is 0 Å². The van der Waals surface area contributed by atoms with Gasteiger partial charge in [0, 0.05) is 6.54 Å². The molecule has 14 heavy (non-hydrogen) atoms. The van der Waals surface area contributed by atoms with Gasteiger partial charge in [0.15, 0.2) is 0 Å². The number of hydrogen-bond acceptors (Lipinski definition) is 4. The van der Waals surface area contributed by atoms with Crippen LogP contribution in [0.3, 0.4) is 0 Å². The maximum atomic E-state index is 10.7. The average Bonchev–Trinajstić information content (AvgIpc) is 2.55. The van der Waals surface area contributed by atoms with Crippen molar-refractivity contribution in [1.29, 1.82) is 0 Å². The zero-order chi connectivity index (χ0) is 10.3. The summed E-state index contributed by atoms with van der Waals surface area (Å²) in [6, 6.07) is 0.0617. The SMILES string of the molecule is C[C@H]1c2c([N+](=O)[O-])cnn2CCN1C. The lowest BCUT2D eigenvalue weighted by atomic mass is 10.1. The lowest BCUT2D eigenvalue weighted by Gasteiger charge is -2.29. The lowest BCUT2D eigenvalue weighted by Crippen LogP contribution is -2.34. The molecule has 6 heteroatoms. The molecule has 0 bridgehead atoms. The molecule has 0 aromatic carbocycles. The predicted octanol–water partition coefficient (Wildman–Crippen LogP) is 0.798. The van der Waals surface area contributed by atoms with Crippen LogP contribution in [0.4, 0.5) is 5.69 Å². The zero-order valence-electron chi connectivity index (χ0n) is 8.17. The fraction of sp³-hybridized carbons (Fsp3) is 0.625. The van der Waals surface area contributed by atoms with Crippen LogP contribution in [0.15, 0.2) is 6.20 Å². The Hall–Kier alpha value is -1.43. The molecule has 0 saturated heterocycles. The van der Waals surface area contributed by atoms with E-state index in [1.165, 1.54) is 6.20 Å². The molecule has 0 fully saturated rings. The van der Waals surface area contributed by atoms with E-state index in [2.05, 4.69) is 10.00 Å². The summed E-state index contributed by atoms with van der Waals surface area (Å²) in [5, 5.41) is 14.7. The third-order valence-corrected chi connectivity index (χ3v) is 2.78. The van der Waals surface area contributed by atoms with E-state index in [9.17, 15) is 10.1 Å². The Balaban J connectivity index is 2.49. The fourth-order valence-corrected chi connectivity index (χ4v) is 1.79. The Morgan fingerprint density at radius 2 is 2.36 bits per heavy atom. The molecule has 0 unspecified atom stereocenters. The first-order valence-electron chi connectivity index (χ1n) is 4.51. The molecule has 76 valence electrons. The van der Waals surface area contributed by atoms with Crippen LogP contribution in [0.1, 0.15) is 18.7 Å². The maximum absolute atomic E-state index is 10.7. The standard InChI is InChI=1S/C8H12N4O2/c1-6-8-7(12(13)14)5-9-11(8)4-3-10(6)2/h5-6H,3-4H2,1-2H3/t6-/m0/s1. The van der Waals surface area contributed by atoms with E-state index in [1.54, 1.807) is 4.68 Å². The Bertz CT molecular complexity index is 373. The van der Waals surface area contributed by atoms with Gasteiger partial charge in [0.2, 0.25) is 0 Å². The summed E-state index contributed by atoms with van der Waals surface area (Å²) in [6.07, 6.45) is 1.34. The molecule has 0 amide bonds. The molecular weight excluding hydrogens is 184 g/mol. The molecule has 1 atom stereocenters. The van der Waals surface area contributed by atoms with Gasteiger partial charge in [-0.25, -0.2) is 0 Å². The molecule has 1 aliphatic heterocycles. The smallest absolute Gasteiger partial charge is 0.296 e. The summed E-state index contributed by atoms with van der Waals surface area (Å²) >= 11 is 0. The van der Waals surface area contributed by atoms with Gasteiger partial charge in [0.05, 0.1) is 17.5 Å². The van der Waals surface area contributed by atoms with Gasteiger partial charge in [-0.1, -0.05) is 0 Å². The van der Waals surface area contributed by atoms with Gasteiger partial charge >= 0.3 is 5.69 Å². The van der Waals surface area contributed by atoms with Gasteiger partial charge in [-0.15, -0.1) is 0 Å². The molecule has 1 aromatic rings. The summed E-state index contributed by atoms with van der Waals surface area (Å²) in [7, 11) is 1.96. The van der Waals surface area contributed by atoms with Crippen LogP contribution in [0, 0.1) is 10.1 Å². The molecule has 2 rings (SSSR count). The van der Waals surface area contributed by atoms with Gasteiger partial charge < -0.3 is 0 Å². The van der Waals surface area contributed by atoms with Crippen molar-refractivity contribution in [2.45, 2.75) is 19.5 Å². The second-order valence-corrected chi connectivity index (χ2v) is 3.55. The molecule has 0 N–H and O–H groups in total. The minimum Gasteiger partial charge on any atom is -0.296 e. The minimum atomic E-state index is -0.367. The van der Waals surface area contributed by atoms with Crippen molar-refractivity contribution in [3.63, 3.8) is 0 Å². The van der Waals surface area contributed by atoms with Crippen LogP contribution >= 0.6 is 0 Å². The Morgan fingerprint density at radius 3 is 3.00 bits per heavy atom. The van der Waals surface area contributed by atoms with Gasteiger partial charge in [0.25, 0.3) is 0 Å². The number of fused-ring (bicyclic) bond motifs is 1. The fourth-order valence-electron chi connectivity index (χ4n) is 1.79. The van der Waals surface area contributed by atoms with Crippen molar-refractivity contribution in [2.24, 2.45) is 0 Å². The Morgan fingerprint density at radius 1 is 1.64 bits per heavy atom. The summed E-state index contributed by atoms with van der Waals surface area (Å²) in [5.41, 5.74) is 0.841. The number of likely N-dealkylation sites (N-methyl/N-ethyl adjacent to an activating group) is 1. The second kappa shape index (κ2) is 3.06. The van der Waals surface area contributed by atoms with Crippen LogP contribution in [0.2, 0.25) is 0 Å². The third kappa shape index (κ3) is 1.19. The number of aromatic nitrogens is 2. The number of hydrogen-bond donors (Lipinski definition) is 0. The highest BCUT2D eigenvalue weighted by Gasteiger charge is 2.30. The average molecular weight is 196 g/mol. The van der Waals surface area contributed by atoms with E-state index in [1.807, 2.05) is 14.0 Å². The van der Waals surface area contributed by atoms with Gasteiger partial charge in [0.1, 0.15) is 11.9 Å². The third-order valence-electron chi connectivity index (χ3n) is 2.78. The normalized spacial score (nSPS) is 22.0. The van der Waals surface area contributed by atoms with E-state index in [4.69, 9.17) is 0 Å². The summed E-state index contributed by atoms with van der Waals surface area (Å²) < 4.78 is 1.72. The van der Waals surface area contributed by atoms with Crippen LogP contribution in [-0.2, 0) is 6.54 Å². The van der Waals surface area contributed by atoms with Crippen LogP contribution in [-0.4, -0.2) is 33.2 Å². The first kappa shape index (κ1) is 9.14. The summed E-state index contributed by atoms with van der Waals surface area (Å²) in [5.74, 6) is 0. The zero-order valence-corrected chi connectivity index (χ0v) is 8.17. The quantitative estimate of drug-likeness (QED) is 0.492. The molecule has 2 heterocycles. The van der Waals surface area contributed by atoms with Crippen molar-refractivity contribution in [2.75, 3.05) is 13.6 Å². The Kier molecular flexibility index (Phi) is 1.99. The maximum Gasteiger partial charge on any atom is 0.311 e. The summed E-state index contributed by atoms with van der Waals surface area (Å²) in [4.78, 5) is 12.4. The van der Waals surface area contributed by atoms with Crippen LogP contribution in [0.25, 0.3) is 0 Å². The highest BCUT2D eigenvalue weighted by atomic mass is 16.6. The summed E-state index contributed by atoms with van der Waals surface area (Å²) in [6.45, 7) is 3.57. The highest BCUT2D eigenvalue weighted by Crippen LogP contribution is 2.30. The topological polar surface area (TPSA) is 64.2 Å². The lowest BCUT2D eigenvalue weighted by molar-refractivity contribution is -0.386. The van der Waals surface area contributed by atoms with E-state index < -0.39 is 0 Å². The van der Waals surface area contributed by atoms with E-state index in [-0.39, 0.29) is 16.7 Å². The van der Waals surface area contributed by atoms with E-state index in [0.29, 0.717) is 5.69 Å². The van der Waals surface area contributed by atoms with Crippen LogP contribution < -0.4 is 0 Å². The second-order valence-electron chi connectivity index (χ2n) is 3.55. The highest BCUT2D eigenvalue weighted by molar-refractivity contribution is 5.36. The molecule has 6 nitrogen and oxygen atoms in total. The van der Waals surface area contributed by atoms with Gasteiger partial charge in [-0.2, -0.15) is 5.10 Å². The molecule has 0 spiro atoms. The number of rotatable bonds is 1. The van der Waals surface area contributed by atoms with E-state index in [0.717, 1.165) is 13.1 Å². The first-order valence-corrected chi connectivity index (χ1v) is 4.51. The van der Waals surface area contributed by atoms with Crippen molar-refractivity contribution >= 4 is 5.69 Å². The number of nitro groups is 1. The Labute approximate surface area is 81.3 Å². The molecular formula is C8H12N4O2. The van der Waals surface area contributed by atoms with Gasteiger partial charge in [-0.3, -0.25) is 19.7 Å². The number of nitrogens with zero attached hydrogens (tertiary/aromatic N) is 4. The largest absolute Gasteiger partial charge is 0.311 e. The minimum absolute atomic E-state index is 0.0617. The van der Waals surface area contributed by atoms with Crippen molar-refractivity contribution in [1.82, 2.24) is 14.7 Å². The molecule has 0 radical (unpaired) electrons. The van der Waals surface area contributed by atoms with Crippen molar-refractivity contribution in [3.8, 4) is 0 Å². The first-order chi connectivity index (χ1) is 6.61. The molecule has 1 aromatic heterocycles. The van der Waals surface area contributed by atoms with Gasteiger partial charge in [-0.05, 0) is 14.0 Å².